The maximum Gasteiger partial charge on any atom is 0.297 e. The van der Waals surface area contributed by atoms with Gasteiger partial charge in [-0.05, 0) is 37.9 Å². The van der Waals surface area contributed by atoms with Crippen molar-refractivity contribution in [1.82, 2.24) is 14.9 Å². The summed E-state index contributed by atoms with van der Waals surface area (Å²) in [5, 5.41) is 0. The molecule has 24 heavy (non-hydrogen) atoms. The molecule has 0 aromatic carbocycles. The SMILES string of the molecule is c1coc(N2CCc3nc(OCCCN4CCCC4)ccc3C2)n1. The van der Waals surface area contributed by atoms with E-state index in [0.29, 0.717) is 6.01 Å². The zero-order valence-electron chi connectivity index (χ0n) is 14.0. The van der Waals surface area contributed by atoms with E-state index in [-0.39, 0.29) is 0 Å². The lowest BCUT2D eigenvalue weighted by Crippen LogP contribution is -2.31. The summed E-state index contributed by atoms with van der Waals surface area (Å²) < 4.78 is 11.2. The van der Waals surface area contributed by atoms with Crippen molar-refractivity contribution in [1.29, 1.82) is 0 Å². The Kier molecular flexibility index (Phi) is 4.64. The molecule has 0 unspecified atom stereocenters. The first-order valence-corrected chi connectivity index (χ1v) is 8.87. The summed E-state index contributed by atoms with van der Waals surface area (Å²) in [5.74, 6) is 0.750. The molecule has 4 rings (SSSR count). The van der Waals surface area contributed by atoms with Gasteiger partial charge < -0.3 is 19.0 Å². The molecule has 6 heteroatoms. The minimum atomic E-state index is 0.683. The number of ether oxygens (including phenoxy) is 1. The lowest BCUT2D eigenvalue weighted by atomic mass is 10.1. The molecule has 0 spiro atoms. The van der Waals surface area contributed by atoms with E-state index in [1.54, 1.807) is 12.5 Å². The lowest BCUT2D eigenvalue weighted by molar-refractivity contribution is 0.256. The average Bonchev–Trinajstić information content (AvgIpc) is 3.32. The Labute approximate surface area is 142 Å². The van der Waals surface area contributed by atoms with Crippen molar-refractivity contribution >= 4 is 6.01 Å². The number of oxazole rings is 1. The van der Waals surface area contributed by atoms with Gasteiger partial charge in [-0.15, -0.1) is 0 Å². The summed E-state index contributed by atoms with van der Waals surface area (Å²) in [6.45, 7) is 6.04. The standard InChI is InChI=1S/C18H24N4O2/c1-2-9-21(8-1)10-3-12-23-17-5-4-15-14-22(11-6-16(15)20-17)18-19-7-13-24-18/h4-5,7,13H,1-3,6,8-12,14H2. The van der Waals surface area contributed by atoms with Crippen LogP contribution in [0.4, 0.5) is 6.01 Å². The third-order valence-electron chi connectivity index (χ3n) is 4.78. The predicted octanol–water partition coefficient (Wildman–Crippen LogP) is 2.50. The molecule has 0 amide bonds. The normalized spacial score (nSPS) is 17.9. The summed E-state index contributed by atoms with van der Waals surface area (Å²) in [6.07, 6.45) is 7.94. The molecule has 0 aliphatic carbocycles. The molecule has 0 atom stereocenters. The second-order valence-electron chi connectivity index (χ2n) is 6.49. The third kappa shape index (κ3) is 3.53. The Morgan fingerprint density at radius 1 is 1.17 bits per heavy atom. The molecule has 0 bridgehead atoms. The minimum absolute atomic E-state index is 0.683. The molecular weight excluding hydrogens is 304 g/mol. The van der Waals surface area contributed by atoms with Gasteiger partial charge in [-0.25, -0.2) is 9.97 Å². The second kappa shape index (κ2) is 7.21. The number of hydrogen-bond donors (Lipinski definition) is 0. The average molecular weight is 328 g/mol. The van der Waals surface area contributed by atoms with Gasteiger partial charge >= 0.3 is 0 Å². The van der Waals surface area contributed by atoms with E-state index in [4.69, 9.17) is 9.15 Å². The Balaban J connectivity index is 1.29. The van der Waals surface area contributed by atoms with Gasteiger partial charge in [-0.3, -0.25) is 0 Å². The first-order valence-electron chi connectivity index (χ1n) is 8.87. The van der Waals surface area contributed by atoms with Crippen LogP contribution in [0.3, 0.4) is 0 Å². The molecular formula is C18H24N4O2. The van der Waals surface area contributed by atoms with E-state index in [9.17, 15) is 0 Å². The zero-order valence-corrected chi connectivity index (χ0v) is 14.0. The Morgan fingerprint density at radius 2 is 2.08 bits per heavy atom. The highest BCUT2D eigenvalue weighted by Gasteiger charge is 2.20. The number of anilines is 1. The summed E-state index contributed by atoms with van der Waals surface area (Å²) in [6, 6.07) is 4.78. The van der Waals surface area contributed by atoms with Crippen molar-refractivity contribution < 1.29 is 9.15 Å². The highest BCUT2D eigenvalue weighted by molar-refractivity contribution is 5.36. The van der Waals surface area contributed by atoms with Crippen LogP contribution in [0.2, 0.25) is 0 Å². The molecule has 2 aromatic rings. The van der Waals surface area contributed by atoms with E-state index < -0.39 is 0 Å². The molecule has 0 radical (unpaired) electrons. The Morgan fingerprint density at radius 3 is 2.92 bits per heavy atom. The number of nitrogens with zero attached hydrogens (tertiary/aromatic N) is 4. The van der Waals surface area contributed by atoms with Gasteiger partial charge in [-0.2, -0.15) is 0 Å². The number of fused-ring (bicyclic) bond motifs is 1. The number of pyridine rings is 1. The van der Waals surface area contributed by atoms with Crippen molar-refractivity contribution in [2.75, 3.05) is 37.7 Å². The van der Waals surface area contributed by atoms with Crippen molar-refractivity contribution in [2.45, 2.75) is 32.2 Å². The summed E-state index contributed by atoms with van der Waals surface area (Å²) >= 11 is 0. The van der Waals surface area contributed by atoms with Crippen LogP contribution >= 0.6 is 0 Å². The van der Waals surface area contributed by atoms with Crippen LogP contribution in [0.15, 0.2) is 29.0 Å². The second-order valence-corrected chi connectivity index (χ2v) is 6.49. The molecule has 4 heterocycles. The first-order chi connectivity index (χ1) is 11.9. The fraction of sp³-hybridized carbons (Fsp3) is 0.556. The monoisotopic (exact) mass is 328 g/mol. The van der Waals surface area contributed by atoms with E-state index in [1.165, 1.54) is 31.5 Å². The molecule has 2 aromatic heterocycles. The van der Waals surface area contributed by atoms with Gasteiger partial charge in [-0.1, -0.05) is 6.07 Å². The maximum atomic E-state index is 5.85. The van der Waals surface area contributed by atoms with Crippen LogP contribution in [0, 0.1) is 0 Å². The van der Waals surface area contributed by atoms with Gasteiger partial charge in [0, 0.05) is 32.1 Å². The minimum Gasteiger partial charge on any atom is -0.478 e. The number of aromatic nitrogens is 2. The maximum absolute atomic E-state index is 5.85. The van der Waals surface area contributed by atoms with E-state index >= 15 is 0 Å². The van der Waals surface area contributed by atoms with Gasteiger partial charge in [0.1, 0.15) is 6.26 Å². The third-order valence-corrected chi connectivity index (χ3v) is 4.78. The van der Waals surface area contributed by atoms with Crippen molar-refractivity contribution in [2.24, 2.45) is 0 Å². The lowest BCUT2D eigenvalue weighted by Gasteiger charge is -2.26. The quantitative estimate of drug-likeness (QED) is 0.760. The van der Waals surface area contributed by atoms with Crippen LogP contribution in [0.1, 0.15) is 30.5 Å². The van der Waals surface area contributed by atoms with Crippen LogP contribution in [0.25, 0.3) is 0 Å². The summed E-state index contributed by atoms with van der Waals surface area (Å²) in [5.41, 5.74) is 2.36. The van der Waals surface area contributed by atoms with Crippen LogP contribution in [-0.2, 0) is 13.0 Å². The molecule has 1 fully saturated rings. The predicted molar refractivity (Wildman–Crippen MR) is 91.3 cm³/mol. The van der Waals surface area contributed by atoms with Gasteiger partial charge in [0.2, 0.25) is 5.88 Å². The highest BCUT2D eigenvalue weighted by atomic mass is 16.5. The zero-order chi connectivity index (χ0) is 16.2. The van der Waals surface area contributed by atoms with E-state index in [1.807, 2.05) is 6.07 Å². The van der Waals surface area contributed by atoms with Gasteiger partial charge in [0.15, 0.2) is 0 Å². The summed E-state index contributed by atoms with van der Waals surface area (Å²) in [4.78, 5) is 13.6. The van der Waals surface area contributed by atoms with E-state index in [0.717, 1.165) is 50.7 Å². The fourth-order valence-electron chi connectivity index (χ4n) is 3.48. The molecule has 1 saturated heterocycles. The van der Waals surface area contributed by atoms with E-state index in [2.05, 4.69) is 25.8 Å². The van der Waals surface area contributed by atoms with Crippen molar-refractivity contribution in [3.05, 3.63) is 35.9 Å². The molecule has 0 saturated carbocycles. The van der Waals surface area contributed by atoms with Gasteiger partial charge in [0.05, 0.1) is 18.5 Å². The Hall–Kier alpha value is -2.08. The van der Waals surface area contributed by atoms with Crippen LogP contribution < -0.4 is 9.64 Å². The van der Waals surface area contributed by atoms with Crippen molar-refractivity contribution in [3.8, 4) is 5.88 Å². The van der Waals surface area contributed by atoms with Crippen molar-refractivity contribution in [3.63, 3.8) is 0 Å². The largest absolute Gasteiger partial charge is 0.478 e. The molecule has 2 aliphatic heterocycles. The van der Waals surface area contributed by atoms with Crippen LogP contribution in [0.5, 0.6) is 5.88 Å². The van der Waals surface area contributed by atoms with Crippen LogP contribution in [-0.4, -0.2) is 47.7 Å². The highest BCUT2D eigenvalue weighted by Crippen LogP contribution is 2.24. The first kappa shape index (κ1) is 15.4. The number of rotatable bonds is 6. The Bertz CT molecular complexity index is 653. The topological polar surface area (TPSA) is 54.6 Å². The molecule has 0 N–H and O–H groups in total. The number of likely N-dealkylation sites (tertiary alicyclic amines) is 1. The fourth-order valence-corrected chi connectivity index (χ4v) is 3.48. The molecule has 6 nitrogen and oxygen atoms in total. The number of hydrogen-bond acceptors (Lipinski definition) is 6. The molecule has 2 aliphatic rings. The smallest absolute Gasteiger partial charge is 0.297 e. The summed E-state index contributed by atoms with van der Waals surface area (Å²) in [7, 11) is 0. The van der Waals surface area contributed by atoms with Gasteiger partial charge in [0.25, 0.3) is 6.01 Å². The molecule has 128 valence electrons.